The van der Waals surface area contributed by atoms with Gasteiger partial charge in [0.2, 0.25) is 0 Å². The van der Waals surface area contributed by atoms with Gasteiger partial charge in [0.25, 0.3) is 11.6 Å². The van der Waals surface area contributed by atoms with Crippen LogP contribution >= 0.6 is 23.1 Å². The molecular weight excluding hydrogens is 450 g/mol. The van der Waals surface area contributed by atoms with Crippen LogP contribution in [-0.4, -0.2) is 27.9 Å². The monoisotopic (exact) mass is 471 g/mol. The maximum atomic E-state index is 12.5. The summed E-state index contributed by atoms with van der Waals surface area (Å²) >= 11 is 2.54. The van der Waals surface area contributed by atoms with Gasteiger partial charge in [-0.05, 0) is 51.5 Å². The molecule has 0 saturated heterocycles. The molecule has 0 saturated carbocycles. The number of carbonyl (C=O) groups is 2. The normalized spacial score (nSPS) is 11.6. The number of nitrogens with one attached hydrogen (secondary N) is 1. The molecule has 166 valence electrons. The van der Waals surface area contributed by atoms with E-state index in [-0.39, 0.29) is 11.3 Å². The van der Waals surface area contributed by atoms with Crippen molar-refractivity contribution in [3.8, 4) is 0 Å². The molecule has 0 aliphatic heterocycles. The summed E-state index contributed by atoms with van der Waals surface area (Å²) in [6, 6.07) is 9.65. The van der Waals surface area contributed by atoms with E-state index in [1.807, 2.05) is 38.3 Å². The summed E-state index contributed by atoms with van der Waals surface area (Å²) in [5.74, 6) is -1.32. The predicted molar refractivity (Wildman–Crippen MR) is 123 cm³/mol. The zero-order valence-corrected chi connectivity index (χ0v) is 19.5. The fraction of sp³-hybridized carbons (Fsp3) is 0.227. The van der Waals surface area contributed by atoms with Gasteiger partial charge in [-0.2, -0.15) is 0 Å². The second-order valence-electron chi connectivity index (χ2n) is 7.15. The van der Waals surface area contributed by atoms with E-state index >= 15 is 0 Å². The molecule has 0 aliphatic carbocycles. The molecule has 0 fully saturated rings. The van der Waals surface area contributed by atoms with Crippen LogP contribution in [0.3, 0.4) is 0 Å². The minimum Gasteiger partial charge on any atom is -0.449 e. The topological polar surface area (TPSA) is 111 Å². The van der Waals surface area contributed by atoms with Crippen molar-refractivity contribution in [1.82, 2.24) is 4.98 Å². The molecule has 1 unspecified atom stereocenters. The van der Waals surface area contributed by atoms with E-state index in [0.717, 1.165) is 34.6 Å². The molecule has 8 nitrogen and oxygen atoms in total. The van der Waals surface area contributed by atoms with Crippen LogP contribution in [0.1, 0.15) is 34.1 Å². The zero-order valence-electron chi connectivity index (χ0n) is 17.9. The number of ether oxygens (including phenoxy) is 1. The second kappa shape index (κ2) is 9.92. The van der Waals surface area contributed by atoms with Gasteiger partial charge in [-0.25, -0.2) is 9.78 Å². The van der Waals surface area contributed by atoms with Crippen LogP contribution in [0.4, 0.5) is 11.4 Å². The maximum Gasteiger partial charge on any atom is 0.339 e. The molecule has 2 aromatic carbocycles. The minimum atomic E-state index is -1.09. The highest BCUT2D eigenvalue weighted by Crippen LogP contribution is 2.37. The van der Waals surface area contributed by atoms with Crippen LogP contribution in [0.2, 0.25) is 0 Å². The average molecular weight is 472 g/mol. The molecule has 1 amide bonds. The lowest BCUT2D eigenvalue weighted by molar-refractivity contribution is -0.387. The first-order chi connectivity index (χ1) is 15.1. The van der Waals surface area contributed by atoms with Crippen LogP contribution in [-0.2, 0) is 9.53 Å². The molecule has 3 aromatic rings. The number of nitrogens with zero attached hydrogens (tertiary/aromatic N) is 2. The van der Waals surface area contributed by atoms with Crippen LogP contribution < -0.4 is 5.32 Å². The quantitative estimate of drug-likeness (QED) is 0.282. The number of nitro groups is 1. The summed E-state index contributed by atoms with van der Waals surface area (Å²) in [5, 5.41) is 16.1. The molecule has 1 N–H and O–H groups in total. The largest absolute Gasteiger partial charge is 0.449 e. The van der Waals surface area contributed by atoms with Crippen LogP contribution in [0.25, 0.3) is 0 Å². The number of hydrogen-bond acceptors (Lipinski definition) is 8. The third kappa shape index (κ3) is 5.71. The summed E-state index contributed by atoms with van der Waals surface area (Å²) in [5.41, 5.74) is 3.16. The molecule has 0 bridgehead atoms. The second-order valence-corrected chi connectivity index (χ2v) is 9.30. The van der Waals surface area contributed by atoms with E-state index in [0.29, 0.717) is 14.9 Å². The van der Waals surface area contributed by atoms with Gasteiger partial charge in [0.05, 0.1) is 15.4 Å². The first kappa shape index (κ1) is 23.4. The van der Waals surface area contributed by atoms with Gasteiger partial charge in [0, 0.05) is 22.8 Å². The molecule has 0 spiro atoms. The molecule has 0 radical (unpaired) electrons. The molecule has 1 atom stereocenters. The van der Waals surface area contributed by atoms with Crippen LogP contribution in [0.5, 0.6) is 0 Å². The van der Waals surface area contributed by atoms with Crippen molar-refractivity contribution >= 4 is 46.3 Å². The predicted octanol–water partition coefficient (Wildman–Crippen LogP) is 5.31. The number of aryl methyl sites for hydroxylation is 3. The number of aromatic nitrogens is 1. The Morgan fingerprint density at radius 2 is 1.94 bits per heavy atom. The lowest BCUT2D eigenvalue weighted by Crippen LogP contribution is -2.30. The Balaban J connectivity index is 1.71. The Morgan fingerprint density at radius 3 is 2.56 bits per heavy atom. The number of anilines is 1. The van der Waals surface area contributed by atoms with E-state index < -0.39 is 22.9 Å². The highest BCUT2D eigenvalue weighted by molar-refractivity contribution is 8.01. The van der Waals surface area contributed by atoms with Crippen molar-refractivity contribution in [3.63, 3.8) is 0 Å². The smallest absolute Gasteiger partial charge is 0.339 e. The van der Waals surface area contributed by atoms with Crippen molar-refractivity contribution in [2.24, 2.45) is 0 Å². The Morgan fingerprint density at radius 1 is 1.19 bits per heavy atom. The van der Waals surface area contributed by atoms with Crippen molar-refractivity contribution < 1.29 is 19.2 Å². The van der Waals surface area contributed by atoms with E-state index in [9.17, 15) is 19.7 Å². The van der Waals surface area contributed by atoms with Gasteiger partial charge >= 0.3 is 5.97 Å². The number of amides is 1. The SMILES string of the molecule is Cc1ccc(NC(=O)C(C)OC(=O)c2ccc(Sc3nc(C)cs3)c([N+](=O)[O-])c2)c(C)c1. The Bertz CT molecular complexity index is 1190. The van der Waals surface area contributed by atoms with Gasteiger partial charge in [0.15, 0.2) is 10.4 Å². The van der Waals surface area contributed by atoms with Crippen molar-refractivity contribution in [3.05, 3.63) is 74.3 Å². The highest BCUT2D eigenvalue weighted by atomic mass is 32.2. The van der Waals surface area contributed by atoms with Gasteiger partial charge < -0.3 is 10.1 Å². The van der Waals surface area contributed by atoms with E-state index in [2.05, 4.69) is 10.3 Å². The summed E-state index contributed by atoms with van der Waals surface area (Å²) < 4.78 is 5.90. The van der Waals surface area contributed by atoms with Crippen molar-refractivity contribution in [2.75, 3.05) is 5.32 Å². The molecular formula is C22H21N3O5S2. The van der Waals surface area contributed by atoms with E-state index in [1.165, 1.54) is 30.4 Å². The summed E-state index contributed by atoms with van der Waals surface area (Å²) in [7, 11) is 0. The standard InChI is InChI=1S/C22H21N3O5S2/c1-12-5-7-17(13(2)9-12)24-20(26)15(4)30-21(27)16-6-8-19(18(10-16)25(28)29)32-22-23-14(3)11-31-22/h5-11,15H,1-4H3,(H,24,26). The number of esters is 1. The summed E-state index contributed by atoms with van der Waals surface area (Å²) in [6.07, 6.45) is -1.09. The lowest BCUT2D eigenvalue weighted by atomic mass is 10.1. The van der Waals surface area contributed by atoms with Gasteiger partial charge in [-0.1, -0.05) is 29.5 Å². The Kier molecular flexibility index (Phi) is 7.26. The van der Waals surface area contributed by atoms with Gasteiger partial charge in [-0.3, -0.25) is 14.9 Å². The third-order valence-electron chi connectivity index (χ3n) is 4.48. The number of rotatable bonds is 7. The third-order valence-corrected chi connectivity index (χ3v) is 6.60. The molecule has 1 aromatic heterocycles. The van der Waals surface area contributed by atoms with E-state index in [1.54, 1.807) is 6.07 Å². The lowest BCUT2D eigenvalue weighted by Gasteiger charge is -2.15. The zero-order chi connectivity index (χ0) is 23.4. The molecule has 3 rings (SSSR count). The fourth-order valence-electron chi connectivity index (χ4n) is 2.82. The number of benzene rings is 2. The number of hydrogen-bond donors (Lipinski definition) is 1. The number of carbonyl (C=O) groups excluding carboxylic acids is 2. The average Bonchev–Trinajstić information content (AvgIpc) is 3.14. The summed E-state index contributed by atoms with van der Waals surface area (Å²) in [4.78, 5) is 40.6. The van der Waals surface area contributed by atoms with Crippen LogP contribution in [0.15, 0.2) is 51.0 Å². The number of thiazole rings is 1. The van der Waals surface area contributed by atoms with Gasteiger partial charge in [-0.15, -0.1) is 11.3 Å². The summed E-state index contributed by atoms with van der Waals surface area (Å²) in [6.45, 7) is 7.10. The first-order valence-corrected chi connectivity index (χ1v) is 11.3. The fourth-order valence-corrected chi connectivity index (χ4v) is 4.70. The Hall–Kier alpha value is -3.24. The first-order valence-electron chi connectivity index (χ1n) is 9.61. The van der Waals surface area contributed by atoms with Crippen molar-refractivity contribution in [2.45, 2.75) is 43.0 Å². The molecule has 10 heteroatoms. The maximum absolute atomic E-state index is 12.5. The van der Waals surface area contributed by atoms with E-state index in [4.69, 9.17) is 4.74 Å². The molecule has 1 heterocycles. The van der Waals surface area contributed by atoms with Crippen molar-refractivity contribution in [1.29, 1.82) is 0 Å². The van der Waals surface area contributed by atoms with Crippen LogP contribution in [0, 0.1) is 30.9 Å². The number of nitro benzene ring substituents is 1. The Labute approximate surface area is 193 Å². The highest BCUT2D eigenvalue weighted by Gasteiger charge is 2.23. The molecule has 0 aliphatic rings. The van der Waals surface area contributed by atoms with Gasteiger partial charge in [0.1, 0.15) is 0 Å². The minimum absolute atomic E-state index is 0.0115. The molecule has 32 heavy (non-hydrogen) atoms.